The number of rotatable bonds is 8. The Kier molecular flexibility index (Phi) is 7.12. The number of amides is 1. The number of benzene rings is 2. The minimum absolute atomic E-state index is 0.154. The number of carbonyl (C=O) groups is 1. The number of aromatic nitrogens is 2. The van der Waals surface area contributed by atoms with Crippen LogP contribution in [0.2, 0.25) is 0 Å². The molecule has 0 aliphatic rings. The number of hydrogen-bond acceptors (Lipinski definition) is 3. The molecule has 1 aromatic heterocycles. The number of nitrogens with one attached hydrogen (secondary N) is 3. The van der Waals surface area contributed by atoms with Gasteiger partial charge >= 0.3 is 0 Å². The van der Waals surface area contributed by atoms with Crippen molar-refractivity contribution in [3.05, 3.63) is 74.5 Å². The van der Waals surface area contributed by atoms with Gasteiger partial charge in [-0.05, 0) is 62.0 Å². The number of halogens is 1. The van der Waals surface area contributed by atoms with Crippen LogP contribution in [-0.4, -0.2) is 35.1 Å². The van der Waals surface area contributed by atoms with Crippen molar-refractivity contribution in [1.82, 2.24) is 14.9 Å². The third kappa shape index (κ3) is 5.01. The van der Waals surface area contributed by atoms with Gasteiger partial charge in [0.05, 0.1) is 37.1 Å². The van der Waals surface area contributed by atoms with Crippen molar-refractivity contribution in [3.63, 3.8) is 0 Å². The van der Waals surface area contributed by atoms with Crippen molar-refractivity contribution >= 4 is 29.0 Å². The average molecular weight is 430 g/mol. The van der Waals surface area contributed by atoms with Crippen LogP contribution in [0.25, 0.3) is 10.9 Å². The van der Waals surface area contributed by atoms with E-state index in [2.05, 4.69) is 24.1 Å². The van der Waals surface area contributed by atoms with Crippen LogP contribution >= 0.6 is 12.2 Å². The van der Waals surface area contributed by atoms with Crippen molar-refractivity contribution in [2.45, 2.75) is 26.9 Å². The van der Waals surface area contributed by atoms with E-state index in [9.17, 15) is 14.0 Å². The Morgan fingerprint density at radius 1 is 1.17 bits per heavy atom. The van der Waals surface area contributed by atoms with Crippen molar-refractivity contribution in [3.8, 4) is 0 Å². The van der Waals surface area contributed by atoms with Gasteiger partial charge in [-0.2, -0.15) is 0 Å². The topological polar surface area (TPSA) is 71.3 Å². The van der Waals surface area contributed by atoms with Crippen molar-refractivity contribution < 1.29 is 14.1 Å². The minimum Gasteiger partial charge on any atom is -0.348 e. The summed E-state index contributed by atoms with van der Waals surface area (Å²) >= 11 is 5.39. The second-order valence-corrected chi connectivity index (χ2v) is 7.55. The van der Waals surface area contributed by atoms with Crippen molar-refractivity contribution in [2.75, 3.05) is 19.6 Å². The fraction of sp³-hybridized carbons (Fsp3) is 0.318. The Bertz CT molecular complexity index is 1150. The van der Waals surface area contributed by atoms with Gasteiger partial charge in [-0.25, -0.2) is 4.39 Å². The molecule has 0 spiro atoms. The first-order valence-electron chi connectivity index (χ1n) is 10.1. The molecule has 0 aliphatic carbocycles. The summed E-state index contributed by atoms with van der Waals surface area (Å²) in [6, 6.07) is 10.9. The van der Waals surface area contributed by atoms with E-state index >= 15 is 0 Å². The highest BCUT2D eigenvalue weighted by Crippen LogP contribution is 2.11. The molecular weight excluding hydrogens is 403 g/mol. The number of aromatic amines is 1. The van der Waals surface area contributed by atoms with Crippen LogP contribution in [0.1, 0.15) is 29.8 Å². The maximum Gasteiger partial charge on any atom is 0.262 e. The van der Waals surface area contributed by atoms with Crippen molar-refractivity contribution in [1.29, 1.82) is 0 Å². The van der Waals surface area contributed by atoms with Crippen molar-refractivity contribution in [2.24, 2.45) is 0 Å². The molecule has 0 atom stereocenters. The molecule has 0 fully saturated rings. The Morgan fingerprint density at radius 2 is 1.87 bits per heavy atom. The van der Waals surface area contributed by atoms with Gasteiger partial charge in [0.1, 0.15) is 5.82 Å². The molecule has 158 valence electrons. The predicted molar refractivity (Wildman–Crippen MR) is 118 cm³/mol. The molecule has 1 heterocycles. The highest BCUT2D eigenvalue weighted by atomic mass is 32.1. The standard InChI is InChI=1S/C22H25FN4O2S/c1-3-26(4-2)11-12-27-21(29)18-10-7-16(13-19(18)25-22(27)30)20(28)24-14-15-5-8-17(23)9-6-15/h5-10,13H,3-4,11-12,14H2,1-2H3,(H,24,28)(H,25,30)/p+1. The summed E-state index contributed by atoms with van der Waals surface area (Å²) in [5.74, 6) is -0.603. The first-order chi connectivity index (χ1) is 14.4. The Balaban J connectivity index is 1.79. The van der Waals surface area contributed by atoms with Gasteiger partial charge in [0.2, 0.25) is 0 Å². The van der Waals surface area contributed by atoms with E-state index in [4.69, 9.17) is 12.2 Å². The monoisotopic (exact) mass is 429 g/mol. The van der Waals surface area contributed by atoms with Gasteiger partial charge in [0.15, 0.2) is 4.77 Å². The molecule has 3 aromatic rings. The summed E-state index contributed by atoms with van der Waals surface area (Å²) in [6.07, 6.45) is 0. The van der Waals surface area contributed by atoms with Crippen LogP contribution in [0.3, 0.4) is 0 Å². The molecular formula is C22H26FN4O2S+. The van der Waals surface area contributed by atoms with Crippen LogP contribution in [0, 0.1) is 10.6 Å². The van der Waals surface area contributed by atoms with Gasteiger partial charge in [-0.15, -0.1) is 0 Å². The van der Waals surface area contributed by atoms with Gasteiger partial charge in [-0.3, -0.25) is 14.2 Å². The molecule has 2 aromatic carbocycles. The quantitative estimate of drug-likeness (QED) is 0.480. The molecule has 0 saturated carbocycles. The van der Waals surface area contributed by atoms with Crippen LogP contribution in [-0.2, 0) is 13.1 Å². The summed E-state index contributed by atoms with van der Waals surface area (Å²) < 4.78 is 14.9. The molecule has 1 amide bonds. The molecule has 8 heteroatoms. The van der Waals surface area contributed by atoms with E-state index in [0.717, 1.165) is 25.2 Å². The second kappa shape index (κ2) is 9.77. The van der Waals surface area contributed by atoms with E-state index in [1.165, 1.54) is 17.0 Å². The average Bonchev–Trinajstić information content (AvgIpc) is 2.75. The molecule has 3 N–H and O–H groups in total. The summed E-state index contributed by atoms with van der Waals surface area (Å²) in [5, 5.41) is 3.29. The molecule has 0 aliphatic heterocycles. The third-order valence-electron chi connectivity index (χ3n) is 5.30. The number of likely N-dealkylation sites (N-methyl/N-ethyl adjacent to an activating group) is 1. The first-order valence-corrected chi connectivity index (χ1v) is 10.5. The molecule has 0 unspecified atom stereocenters. The third-order valence-corrected chi connectivity index (χ3v) is 5.62. The number of carbonyl (C=O) groups excluding carboxylic acids is 1. The fourth-order valence-corrected chi connectivity index (χ4v) is 3.64. The van der Waals surface area contributed by atoms with E-state index in [1.54, 1.807) is 34.9 Å². The molecule has 0 bridgehead atoms. The Hall–Kier alpha value is -2.84. The molecule has 0 saturated heterocycles. The number of nitrogens with zero attached hydrogens (tertiary/aromatic N) is 1. The molecule has 0 radical (unpaired) electrons. The second-order valence-electron chi connectivity index (χ2n) is 7.16. The maximum absolute atomic E-state index is 13.0. The summed E-state index contributed by atoms with van der Waals surface area (Å²) in [6.45, 7) is 7.86. The number of hydrogen-bond donors (Lipinski definition) is 3. The lowest BCUT2D eigenvalue weighted by Crippen LogP contribution is -3.11. The van der Waals surface area contributed by atoms with Gasteiger partial charge < -0.3 is 15.2 Å². The maximum atomic E-state index is 13.0. The van der Waals surface area contributed by atoms with Crippen LogP contribution in [0.4, 0.5) is 4.39 Å². The lowest BCUT2D eigenvalue weighted by atomic mass is 10.1. The van der Waals surface area contributed by atoms with E-state index in [1.807, 2.05) is 0 Å². The summed E-state index contributed by atoms with van der Waals surface area (Å²) in [4.78, 5) is 29.9. The highest BCUT2D eigenvalue weighted by molar-refractivity contribution is 7.71. The molecule has 3 rings (SSSR count). The fourth-order valence-electron chi connectivity index (χ4n) is 3.36. The largest absolute Gasteiger partial charge is 0.348 e. The van der Waals surface area contributed by atoms with Crippen LogP contribution in [0.5, 0.6) is 0 Å². The smallest absolute Gasteiger partial charge is 0.262 e. The van der Waals surface area contributed by atoms with E-state index in [-0.39, 0.29) is 23.8 Å². The number of quaternary nitrogens is 1. The molecule has 6 nitrogen and oxygen atoms in total. The highest BCUT2D eigenvalue weighted by Gasteiger charge is 2.12. The van der Waals surface area contributed by atoms with Gasteiger partial charge in [-0.1, -0.05) is 12.1 Å². The zero-order valence-corrected chi connectivity index (χ0v) is 17.9. The summed E-state index contributed by atoms with van der Waals surface area (Å²) in [5.41, 5.74) is 1.59. The summed E-state index contributed by atoms with van der Waals surface area (Å²) in [7, 11) is 0. The number of fused-ring (bicyclic) bond motifs is 1. The Morgan fingerprint density at radius 3 is 2.53 bits per heavy atom. The Labute approximate surface area is 179 Å². The lowest BCUT2D eigenvalue weighted by molar-refractivity contribution is -0.897. The van der Waals surface area contributed by atoms with Crippen LogP contribution in [0.15, 0.2) is 47.3 Å². The zero-order chi connectivity index (χ0) is 21.7. The SMILES string of the molecule is CC[NH+](CC)CCn1c(=S)[nH]c2cc(C(=O)NCc3ccc(F)cc3)ccc2c1=O. The zero-order valence-electron chi connectivity index (χ0n) is 17.1. The number of H-pyrrole nitrogens is 1. The van der Waals surface area contributed by atoms with Gasteiger partial charge in [0, 0.05) is 12.1 Å². The lowest BCUT2D eigenvalue weighted by Gasteiger charge is -2.16. The van der Waals surface area contributed by atoms with Crippen LogP contribution < -0.4 is 15.8 Å². The molecule has 30 heavy (non-hydrogen) atoms. The minimum atomic E-state index is -0.320. The predicted octanol–water partition coefficient (Wildman–Crippen LogP) is 2.05. The van der Waals surface area contributed by atoms with Gasteiger partial charge in [0.25, 0.3) is 11.5 Å². The normalized spacial score (nSPS) is 11.2. The van der Waals surface area contributed by atoms with E-state index in [0.29, 0.717) is 27.8 Å². The first kappa shape index (κ1) is 21.9. The van der Waals surface area contributed by atoms with E-state index < -0.39 is 0 Å².